The Kier molecular flexibility index (Phi) is 4.04. The molecule has 24 heavy (non-hydrogen) atoms. The molecule has 0 aliphatic rings. The highest BCUT2D eigenvalue weighted by molar-refractivity contribution is 7.17. The minimum absolute atomic E-state index is 0.0742. The molecule has 0 unspecified atom stereocenters. The normalized spacial score (nSPS) is 11.2. The lowest BCUT2D eigenvalue weighted by molar-refractivity contribution is 0.0949. The maximum Gasteiger partial charge on any atom is 0.253 e. The molecule has 3 rings (SSSR count). The molecule has 3 heterocycles. The summed E-state index contributed by atoms with van der Waals surface area (Å²) in [6.07, 6.45) is 1.95. The number of Topliss-reactive ketones (excluding diaryl/α,β-unsaturated/α-hetero) is 1. The van der Waals surface area contributed by atoms with E-state index in [2.05, 4.69) is 29.1 Å². The number of aryl methyl sites for hydroxylation is 3. The maximum atomic E-state index is 12.5. The Labute approximate surface area is 143 Å². The molecule has 0 aliphatic carbocycles. The van der Waals surface area contributed by atoms with Crippen LogP contribution in [-0.4, -0.2) is 26.1 Å². The van der Waals surface area contributed by atoms with Gasteiger partial charge in [0.25, 0.3) is 5.91 Å². The monoisotopic (exact) mass is 344 g/mol. The number of H-pyrrole nitrogens is 1. The molecule has 0 aliphatic heterocycles. The second-order valence-electron chi connectivity index (χ2n) is 5.99. The van der Waals surface area contributed by atoms with Crippen molar-refractivity contribution in [3.8, 4) is 0 Å². The predicted octanol–water partition coefficient (Wildman–Crippen LogP) is 3.09. The molecule has 0 radical (unpaired) electrons. The number of rotatable bonds is 4. The van der Waals surface area contributed by atoms with E-state index >= 15 is 0 Å². The second-order valence-corrected chi connectivity index (χ2v) is 7.17. The number of carbonyl (C=O) groups excluding carboxylic acids is 2. The van der Waals surface area contributed by atoms with Gasteiger partial charge in [-0.25, -0.2) is 4.98 Å². The zero-order valence-corrected chi connectivity index (χ0v) is 15.2. The molecule has 0 atom stereocenters. The van der Waals surface area contributed by atoms with E-state index in [-0.39, 0.29) is 11.7 Å². The topological polar surface area (TPSA) is 79.3 Å². The molecular formula is C17H20N4O2S. The van der Waals surface area contributed by atoms with Gasteiger partial charge in [-0.3, -0.25) is 14.0 Å². The molecular weight excluding hydrogens is 324 g/mol. The van der Waals surface area contributed by atoms with E-state index in [0.717, 1.165) is 10.7 Å². The third kappa shape index (κ3) is 2.65. The molecule has 1 amide bonds. The van der Waals surface area contributed by atoms with E-state index in [1.54, 1.807) is 25.2 Å². The second kappa shape index (κ2) is 5.90. The molecule has 0 saturated carbocycles. The van der Waals surface area contributed by atoms with Gasteiger partial charge in [-0.05, 0) is 33.3 Å². The highest BCUT2D eigenvalue weighted by Crippen LogP contribution is 2.22. The van der Waals surface area contributed by atoms with Crippen molar-refractivity contribution in [2.45, 2.75) is 41.2 Å². The van der Waals surface area contributed by atoms with Crippen LogP contribution in [0.2, 0.25) is 0 Å². The van der Waals surface area contributed by atoms with Crippen LogP contribution in [0.1, 0.15) is 55.3 Å². The minimum atomic E-state index is -0.196. The lowest BCUT2D eigenvalue weighted by Gasteiger charge is -2.04. The van der Waals surface area contributed by atoms with Gasteiger partial charge in [0.1, 0.15) is 0 Å². The molecule has 0 saturated heterocycles. The molecule has 126 valence electrons. The van der Waals surface area contributed by atoms with Crippen molar-refractivity contribution in [3.63, 3.8) is 0 Å². The number of imidazole rings is 1. The molecule has 3 aromatic heterocycles. The zero-order valence-electron chi connectivity index (χ0n) is 14.4. The molecule has 3 aromatic rings. The predicted molar refractivity (Wildman–Crippen MR) is 94.0 cm³/mol. The van der Waals surface area contributed by atoms with Gasteiger partial charge in [0.05, 0.1) is 23.5 Å². The van der Waals surface area contributed by atoms with Gasteiger partial charge in [-0.15, -0.1) is 11.3 Å². The molecule has 0 fully saturated rings. The summed E-state index contributed by atoms with van der Waals surface area (Å²) in [6.45, 7) is 9.55. The fourth-order valence-electron chi connectivity index (χ4n) is 2.89. The highest BCUT2D eigenvalue weighted by Gasteiger charge is 2.20. The summed E-state index contributed by atoms with van der Waals surface area (Å²) in [4.78, 5) is 33.8. The van der Waals surface area contributed by atoms with Crippen LogP contribution in [0.4, 0.5) is 0 Å². The van der Waals surface area contributed by atoms with Crippen molar-refractivity contribution in [1.29, 1.82) is 0 Å². The van der Waals surface area contributed by atoms with Crippen LogP contribution < -0.4 is 5.32 Å². The molecule has 2 N–H and O–H groups in total. The van der Waals surface area contributed by atoms with Crippen molar-refractivity contribution >= 4 is 28.0 Å². The van der Waals surface area contributed by atoms with E-state index in [0.29, 0.717) is 29.1 Å². The third-order valence-corrected chi connectivity index (χ3v) is 5.36. The maximum absolute atomic E-state index is 12.5. The van der Waals surface area contributed by atoms with Crippen LogP contribution in [0, 0.1) is 27.7 Å². The first kappa shape index (κ1) is 16.4. The molecule has 0 bridgehead atoms. The first-order valence-electron chi connectivity index (χ1n) is 7.71. The van der Waals surface area contributed by atoms with Gasteiger partial charge in [-0.2, -0.15) is 0 Å². The van der Waals surface area contributed by atoms with Gasteiger partial charge in [0.2, 0.25) is 0 Å². The van der Waals surface area contributed by atoms with Crippen LogP contribution in [-0.2, 0) is 6.54 Å². The number of carbonyl (C=O) groups is 2. The first-order valence-corrected chi connectivity index (χ1v) is 8.53. The minimum Gasteiger partial charge on any atom is -0.355 e. The van der Waals surface area contributed by atoms with E-state index in [4.69, 9.17) is 0 Å². The van der Waals surface area contributed by atoms with Gasteiger partial charge in [-0.1, -0.05) is 0 Å². The molecule has 7 heteroatoms. The van der Waals surface area contributed by atoms with Crippen LogP contribution in [0.15, 0.2) is 6.20 Å². The standard InChI is InChI=1S/C17H20N4O2S/c1-8-14(9(2)19-15(8)11(4)22)16(23)18-6-13-7-21-10(3)12(5)24-17(21)20-13/h7,19H,6H2,1-5H3,(H,18,23). The van der Waals surface area contributed by atoms with E-state index < -0.39 is 0 Å². The van der Waals surface area contributed by atoms with Crippen LogP contribution >= 0.6 is 11.3 Å². The number of thiazole rings is 1. The first-order chi connectivity index (χ1) is 11.3. The molecule has 0 spiro atoms. The Balaban J connectivity index is 1.78. The summed E-state index contributed by atoms with van der Waals surface area (Å²) in [5, 5.41) is 2.89. The fourth-order valence-corrected chi connectivity index (χ4v) is 3.86. The van der Waals surface area contributed by atoms with Crippen molar-refractivity contribution in [2.24, 2.45) is 0 Å². The zero-order chi connectivity index (χ0) is 17.6. The summed E-state index contributed by atoms with van der Waals surface area (Å²) in [5.74, 6) is -0.271. The molecule has 0 aromatic carbocycles. The SMILES string of the molecule is CC(=O)c1[nH]c(C)c(C(=O)NCc2cn3c(C)c(C)sc3n2)c1C. The number of fused-ring (bicyclic) bond motifs is 1. The number of ketones is 1. The summed E-state index contributed by atoms with van der Waals surface area (Å²) in [5.41, 5.74) is 4.40. The third-order valence-electron chi connectivity index (χ3n) is 4.29. The van der Waals surface area contributed by atoms with Crippen LogP contribution in [0.3, 0.4) is 0 Å². The summed E-state index contributed by atoms with van der Waals surface area (Å²) in [6, 6.07) is 0. The lowest BCUT2D eigenvalue weighted by Crippen LogP contribution is -2.24. The molecule has 6 nitrogen and oxygen atoms in total. The largest absolute Gasteiger partial charge is 0.355 e. The van der Waals surface area contributed by atoms with Crippen molar-refractivity contribution in [2.75, 3.05) is 0 Å². The summed E-state index contributed by atoms with van der Waals surface area (Å²) < 4.78 is 2.04. The quantitative estimate of drug-likeness (QED) is 0.714. The summed E-state index contributed by atoms with van der Waals surface area (Å²) >= 11 is 1.64. The number of aromatic amines is 1. The van der Waals surface area contributed by atoms with Crippen LogP contribution in [0.5, 0.6) is 0 Å². The van der Waals surface area contributed by atoms with Crippen molar-refractivity contribution < 1.29 is 9.59 Å². The Hall–Kier alpha value is -2.41. The van der Waals surface area contributed by atoms with E-state index in [1.165, 1.54) is 17.5 Å². The van der Waals surface area contributed by atoms with Crippen molar-refractivity contribution in [3.05, 3.63) is 45.0 Å². The van der Waals surface area contributed by atoms with Crippen LogP contribution in [0.25, 0.3) is 4.96 Å². The average molecular weight is 344 g/mol. The smallest absolute Gasteiger partial charge is 0.253 e. The van der Waals surface area contributed by atoms with Gasteiger partial charge in [0, 0.05) is 29.4 Å². The van der Waals surface area contributed by atoms with E-state index in [9.17, 15) is 9.59 Å². The van der Waals surface area contributed by atoms with Crippen molar-refractivity contribution in [1.82, 2.24) is 19.7 Å². The number of amides is 1. The number of hydrogen-bond donors (Lipinski definition) is 2. The van der Waals surface area contributed by atoms with E-state index in [1.807, 2.05) is 10.6 Å². The average Bonchev–Trinajstić information content (AvgIpc) is 3.12. The van der Waals surface area contributed by atoms with Gasteiger partial charge < -0.3 is 10.3 Å². The lowest BCUT2D eigenvalue weighted by atomic mass is 10.1. The Morgan fingerprint density at radius 3 is 2.58 bits per heavy atom. The Bertz CT molecular complexity index is 961. The Morgan fingerprint density at radius 2 is 2.00 bits per heavy atom. The summed E-state index contributed by atoms with van der Waals surface area (Å²) in [7, 11) is 0. The Morgan fingerprint density at radius 1 is 1.29 bits per heavy atom. The highest BCUT2D eigenvalue weighted by atomic mass is 32.1. The fraction of sp³-hybridized carbons (Fsp3) is 0.353. The van der Waals surface area contributed by atoms with Gasteiger partial charge in [0.15, 0.2) is 10.7 Å². The number of nitrogens with one attached hydrogen (secondary N) is 2. The number of hydrogen-bond acceptors (Lipinski definition) is 4. The van der Waals surface area contributed by atoms with Gasteiger partial charge >= 0.3 is 0 Å². The number of aromatic nitrogens is 3. The number of nitrogens with zero attached hydrogens (tertiary/aromatic N) is 2.